The first kappa shape index (κ1) is 21.3. The third-order valence-electron chi connectivity index (χ3n) is 6.88. The first-order valence-electron chi connectivity index (χ1n) is 10.8. The highest BCUT2D eigenvalue weighted by molar-refractivity contribution is 5.93. The van der Waals surface area contributed by atoms with E-state index in [4.69, 9.17) is 5.73 Å². The van der Waals surface area contributed by atoms with Crippen molar-refractivity contribution >= 4 is 5.91 Å². The van der Waals surface area contributed by atoms with Crippen LogP contribution in [0, 0.1) is 11.7 Å². The number of primary amides is 1. The summed E-state index contributed by atoms with van der Waals surface area (Å²) < 4.78 is 13.2. The molecule has 31 heavy (non-hydrogen) atoms. The summed E-state index contributed by atoms with van der Waals surface area (Å²) >= 11 is 0. The Morgan fingerprint density at radius 3 is 2.52 bits per heavy atom. The van der Waals surface area contributed by atoms with Crippen molar-refractivity contribution in [3.8, 4) is 11.1 Å². The minimum absolute atomic E-state index is 0.0118. The van der Waals surface area contributed by atoms with E-state index in [1.165, 1.54) is 23.3 Å². The summed E-state index contributed by atoms with van der Waals surface area (Å²) in [6, 6.07) is 22.9. The Hall–Kier alpha value is -2.98. The summed E-state index contributed by atoms with van der Waals surface area (Å²) in [5, 5.41) is 0. The van der Waals surface area contributed by atoms with E-state index in [9.17, 15) is 9.18 Å². The summed E-state index contributed by atoms with van der Waals surface area (Å²) in [6.45, 7) is 7.44. The van der Waals surface area contributed by atoms with E-state index in [2.05, 4.69) is 49.1 Å². The van der Waals surface area contributed by atoms with Crippen molar-refractivity contribution in [1.82, 2.24) is 4.90 Å². The summed E-state index contributed by atoms with van der Waals surface area (Å²) in [5.41, 5.74) is 10.7. The van der Waals surface area contributed by atoms with Crippen molar-refractivity contribution in [3.05, 3.63) is 95.3 Å². The lowest BCUT2D eigenvalue weighted by Gasteiger charge is -2.45. The molecule has 1 aliphatic rings. The largest absolute Gasteiger partial charge is 0.366 e. The fourth-order valence-corrected chi connectivity index (χ4v) is 4.67. The second-order valence-corrected chi connectivity index (χ2v) is 8.96. The molecule has 160 valence electrons. The van der Waals surface area contributed by atoms with Crippen LogP contribution in [-0.2, 0) is 12.0 Å². The lowest BCUT2D eigenvalue weighted by molar-refractivity contribution is 0.0996. The van der Waals surface area contributed by atoms with E-state index in [1.807, 2.05) is 24.3 Å². The first-order chi connectivity index (χ1) is 14.8. The molecule has 3 aromatic rings. The lowest BCUT2D eigenvalue weighted by Crippen LogP contribution is -2.47. The molecule has 0 radical (unpaired) electrons. The van der Waals surface area contributed by atoms with Crippen LogP contribution in [0.3, 0.4) is 0 Å². The number of piperidine rings is 1. The zero-order chi connectivity index (χ0) is 22.0. The quantitative estimate of drug-likeness (QED) is 0.606. The van der Waals surface area contributed by atoms with Gasteiger partial charge in [-0.2, -0.15) is 0 Å². The second kappa shape index (κ2) is 8.64. The van der Waals surface area contributed by atoms with Crippen LogP contribution in [0.2, 0.25) is 0 Å². The Labute approximate surface area is 183 Å². The average molecular weight is 417 g/mol. The highest BCUT2D eigenvalue weighted by Gasteiger charge is 2.38. The van der Waals surface area contributed by atoms with Crippen LogP contribution < -0.4 is 5.73 Å². The number of benzene rings is 3. The number of carbonyl (C=O) groups is 1. The number of nitrogens with two attached hydrogens (primary N) is 1. The molecule has 4 heteroatoms. The molecule has 0 aromatic heterocycles. The molecule has 2 N–H and O–H groups in total. The average Bonchev–Trinajstić information content (AvgIpc) is 2.77. The third kappa shape index (κ3) is 4.54. The maximum atomic E-state index is 13.2. The Kier molecular flexibility index (Phi) is 5.92. The van der Waals surface area contributed by atoms with E-state index in [-0.39, 0.29) is 17.1 Å². The highest BCUT2D eigenvalue weighted by Crippen LogP contribution is 2.40. The standard InChI is InChI=1S/C27H29FN2O/c1-19-17-30(14-13-27(19,2)24-8-4-7-23(16-24)26(29)31)18-20-5-3-6-22(15-20)21-9-11-25(28)12-10-21/h3-12,15-16,19H,13-14,17-18H2,1-2H3,(H2,29,31)/t19-,27+/m0/s1. The van der Waals surface area contributed by atoms with E-state index >= 15 is 0 Å². The smallest absolute Gasteiger partial charge is 0.248 e. The molecule has 1 saturated heterocycles. The Morgan fingerprint density at radius 1 is 1.06 bits per heavy atom. The van der Waals surface area contributed by atoms with Gasteiger partial charge in [-0.3, -0.25) is 9.69 Å². The van der Waals surface area contributed by atoms with Crippen LogP contribution in [0.4, 0.5) is 4.39 Å². The maximum Gasteiger partial charge on any atom is 0.248 e. The van der Waals surface area contributed by atoms with Crippen LogP contribution in [0.15, 0.2) is 72.8 Å². The van der Waals surface area contributed by atoms with Crippen molar-refractivity contribution < 1.29 is 9.18 Å². The van der Waals surface area contributed by atoms with Crippen molar-refractivity contribution in [1.29, 1.82) is 0 Å². The minimum atomic E-state index is -0.378. The van der Waals surface area contributed by atoms with Gasteiger partial charge in [-0.25, -0.2) is 4.39 Å². The molecule has 3 aromatic carbocycles. The van der Waals surface area contributed by atoms with Gasteiger partial charge in [0.05, 0.1) is 0 Å². The number of rotatable bonds is 5. The van der Waals surface area contributed by atoms with E-state index < -0.39 is 0 Å². The molecule has 0 saturated carbocycles. The van der Waals surface area contributed by atoms with Crippen molar-refractivity contribution in [2.24, 2.45) is 11.7 Å². The fraction of sp³-hybridized carbons (Fsp3) is 0.296. The summed E-state index contributed by atoms with van der Waals surface area (Å²) in [4.78, 5) is 14.1. The molecule has 1 fully saturated rings. The van der Waals surface area contributed by atoms with Crippen molar-refractivity contribution in [2.45, 2.75) is 32.2 Å². The summed E-state index contributed by atoms with van der Waals surface area (Å²) in [7, 11) is 0. The van der Waals surface area contributed by atoms with E-state index in [0.29, 0.717) is 11.5 Å². The van der Waals surface area contributed by atoms with Crippen molar-refractivity contribution in [2.75, 3.05) is 13.1 Å². The fourth-order valence-electron chi connectivity index (χ4n) is 4.67. The predicted molar refractivity (Wildman–Crippen MR) is 123 cm³/mol. The Balaban J connectivity index is 1.47. The summed E-state index contributed by atoms with van der Waals surface area (Å²) in [5.74, 6) is -0.159. The summed E-state index contributed by atoms with van der Waals surface area (Å²) in [6.07, 6.45) is 1.02. The molecule has 0 unspecified atom stereocenters. The SMILES string of the molecule is C[C@H]1CN(Cc2cccc(-c3ccc(F)cc3)c2)CC[C@@]1(C)c1cccc(C(N)=O)c1. The molecule has 4 rings (SSSR count). The molecule has 2 atom stereocenters. The van der Waals surface area contributed by atoms with Gasteiger partial charge in [-0.1, -0.05) is 56.3 Å². The predicted octanol–water partition coefficient (Wildman–Crippen LogP) is 5.39. The van der Waals surface area contributed by atoms with Crippen LogP contribution in [0.25, 0.3) is 11.1 Å². The van der Waals surface area contributed by atoms with Gasteiger partial charge in [0.15, 0.2) is 0 Å². The van der Waals surface area contributed by atoms with Gasteiger partial charge in [-0.05, 0) is 76.9 Å². The number of hydrogen-bond acceptors (Lipinski definition) is 2. The van der Waals surface area contributed by atoms with Gasteiger partial charge in [0, 0.05) is 18.7 Å². The second-order valence-electron chi connectivity index (χ2n) is 8.96. The topological polar surface area (TPSA) is 46.3 Å². The van der Waals surface area contributed by atoms with Crippen LogP contribution in [-0.4, -0.2) is 23.9 Å². The maximum absolute atomic E-state index is 13.2. The van der Waals surface area contributed by atoms with E-state index in [0.717, 1.165) is 37.2 Å². The van der Waals surface area contributed by atoms with Crippen LogP contribution >= 0.6 is 0 Å². The lowest BCUT2D eigenvalue weighted by atomic mass is 9.67. The normalized spacial score (nSPS) is 21.7. The van der Waals surface area contributed by atoms with Gasteiger partial charge < -0.3 is 5.73 Å². The molecule has 3 nitrogen and oxygen atoms in total. The minimum Gasteiger partial charge on any atom is -0.366 e. The van der Waals surface area contributed by atoms with Gasteiger partial charge >= 0.3 is 0 Å². The zero-order valence-electron chi connectivity index (χ0n) is 18.1. The molecule has 1 heterocycles. The molecular weight excluding hydrogens is 387 g/mol. The number of likely N-dealkylation sites (tertiary alicyclic amines) is 1. The molecular formula is C27H29FN2O. The Bertz CT molecular complexity index is 1080. The Morgan fingerprint density at radius 2 is 1.81 bits per heavy atom. The van der Waals surface area contributed by atoms with Gasteiger partial charge in [-0.15, -0.1) is 0 Å². The van der Waals surface area contributed by atoms with Crippen molar-refractivity contribution in [3.63, 3.8) is 0 Å². The monoisotopic (exact) mass is 416 g/mol. The highest BCUT2D eigenvalue weighted by atomic mass is 19.1. The number of halogens is 1. The molecule has 0 bridgehead atoms. The number of hydrogen-bond donors (Lipinski definition) is 1. The first-order valence-corrected chi connectivity index (χ1v) is 10.8. The molecule has 0 spiro atoms. The van der Waals surface area contributed by atoms with E-state index in [1.54, 1.807) is 6.07 Å². The van der Waals surface area contributed by atoms with Gasteiger partial charge in [0.2, 0.25) is 5.91 Å². The molecule has 1 amide bonds. The van der Waals surface area contributed by atoms with Crippen LogP contribution in [0.5, 0.6) is 0 Å². The number of carbonyl (C=O) groups excluding carboxylic acids is 1. The molecule has 0 aliphatic carbocycles. The molecule has 1 aliphatic heterocycles. The zero-order valence-corrected chi connectivity index (χ0v) is 18.1. The van der Waals surface area contributed by atoms with Crippen LogP contribution in [0.1, 0.15) is 41.8 Å². The number of amides is 1. The third-order valence-corrected chi connectivity index (χ3v) is 6.88. The van der Waals surface area contributed by atoms with Gasteiger partial charge in [0.25, 0.3) is 0 Å². The number of nitrogens with zero attached hydrogens (tertiary/aromatic N) is 1. The van der Waals surface area contributed by atoms with Gasteiger partial charge in [0.1, 0.15) is 5.82 Å².